The van der Waals surface area contributed by atoms with Gasteiger partial charge in [0.1, 0.15) is 4.88 Å². The number of alkyl halides is 3. The predicted molar refractivity (Wildman–Crippen MR) is 130 cm³/mol. The third-order valence-electron chi connectivity index (χ3n) is 5.62. The van der Waals surface area contributed by atoms with E-state index in [9.17, 15) is 18.0 Å². The van der Waals surface area contributed by atoms with Gasteiger partial charge in [-0.15, -0.1) is 11.3 Å². The van der Waals surface area contributed by atoms with Crippen LogP contribution in [-0.4, -0.2) is 20.7 Å². The summed E-state index contributed by atoms with van der Waals surface area (Å²) in [5, 5.41) is 7.16. The quantitative estimate of drug-likeness (QED) is 0.368. The highest BCUT2D eigenvalue weighted by Crippen LogP contribution is 2.39. The normalized spacial score (nSPS) is 12.5. The van der Waals surface area contributed by atoms with Crippen molar-refractivity contribution in [2.45, 2.75) is 32.6 Å². The van der Waals surface area contributed by atoms with Crippen LogP contribution in [0.5, 0.6) is 0 Å². The van der Waals surface area contributed by atoms with E-state index in [0.29, 0.717) is 50.8 Å². The van der Waals surface area contributed by atoms with Crippen LogP contribution in [0.15, 0.2) is 54.9 Å². The maximum atomic E-state index is 13.2. The van der Waals surface area contributed by atoms with Crippen LogP contribution in [0.25, 0.3) is 21.8 Å². The van der Waals surface area contributed by atoms with Gasteiger partial charge in [0.05, 0.1) is 28.5 Å². The highest BCUT2D eigenvalue weighted by atomic mass is 32.1. The zero-order valence-corrected chi connectivity index (χ0v) is 20.2. The van der Waals surface area contributed by atoms with E-state index in [0.717, 1.165) is 17.2 Å². The molecule has 10 heteroatoms. The minimum Gasteiger partial charge on any atom is -0.346 e. The summed E-state index contributed by atoms with van der Waals surface area (Å²) < 4.78 is 41.2. The van der Waals surface area contributed by atoms with Crippen LogP contribution in [0.2, 0.25) is 0 Å². The number of hydrogen-bond acceptors (Lipinski definition) is 5. The van der Waals surface area contributed by atoms with E-state index in [1.807, 2.05) is 32.0 Å². The van der Waals surface area contributed by atoms with Gasteiger partial charge in [-0.2, -0.15) is 18.3 Å². The van der Waals surface area contributed by atoms with Crippen molar-refractivity contribution in [2.75, 3.05) is 0 Å². The molecule has 0 radical (unpaired) electrons. The van der Waals surface area contributed by atoms with Gasteiger partial charge in [-0.1, -0.05) is 12.1 Å². The number of nitrogens with two attached hydrogens (primary N) is 1. The molecule has 0 saturated heterocycles. The van der Waals surface area contributed by atoms with Crippen molar-refractivity contribution in [1.82, 2.24) is 20.1 Å². The van der Waals surface area contributed by atoms with Crippen molar-refractivity contribution >= 4 is 17.2 Å². The summed E-state index contributed by atoms with van der Waals surface area (Å²) in [6.07, 6.45) is -1.02. The van der Waals surface area contributed by atoms with E-state index in [2.05, 4.69) is 15.4 Å². The van der Waals surface area contributed by atoms with E-state index in [-0.39, 0.29) is 5.91 Å². The number of thiophene rings is 1. The molecule has 182 valence electrons. The largest absolute Gasteiger partial charge is 0.425 e. The number of benzene rings is 1. The second-order valence-corrected chi connectivity index (χ2v) is 9.37. The molecule has 4 rings (SSSR count). The summed E-state index contributed by atoms with van der Waals surface area (Å²) in [6, 6.07) is 11.0. The maximum Gasteiger partial charge on any atom is 0.425 e. The Balaban J connectivity index is 1.71. The fourth-order valence-electron chi connectivity index (χ4n) is 3.66. The van der Waals surface area contributed by atoms with Gasteiger partial charge in [-0.05, 0) is 60.9 Å². The van der Waals surface area contributed by atoms with Crippen molar-refractivity contribution in [1.29, 1.82) is 0 Å². The molecule has 35 heavy (non-hydrogen) atoms. The molecule has 0 aliphatic carbocycles. The van der Waals surface area contributed by atoms with Crippen molar-refractivity contribution in [3.05, 3.63) is 82.0 Å². The lowest BCUT2D eigenvalue weighted by atomic mass is 10.0. The topological polar surface area (TPSA) is 85.8 Å². The summed E-state index contributed by atoms with van der Waals surface area (Å²) in [7, 11) is 1.77. The number of amides is 1. The number of aryl methyl sites for hydroxylation is 2. The Hall–Kier alpha value is -3.50. The fourth-order valence-corrected chi connectivity index (χ4v) is 4.49. The maximum absolute atomic E-state index is 13.2. The van der Waals surface area contributed by atoms with Crippen LogP contribution in [0.4, 0.5) is 13.2 Å². The first kappa shape index (κ1) is 24.6. The van der Waals surface area contributed by atoms with Crippen molar-refractivity contribution in [3.8, 4) is 21.8 Å². The highest BCUT2D eigenvalue weighted by Gasteiger charge is 2.32. The summed E-state index contributed by atoms with van der Waals surface area (Å²) >= 11 is 0.632. The van der Waals surface area contributed by atoms with Gasteiger partial charge >= 0.3 is 6.18 Å². The summed E-state index contributed by atoms with van der Waals surface area (Å²) in [6.45, 7) is 3.99. The minimum absolute atomic E-state index is 0.262. The Labute approximate surface area is 204 Å². The molecule has 0 spiro atoms. The van der Waals surface area contributed by atoms with Crippen LogP contribution < -0.4 is 11.1 Å². The lowest BCUT2D eigenvalue weighted by molar-refractivity contribution is -0.134. The Morgan fingerprint density at radius 1 is 1.17 bits per heavy atom. The van der Waals surface area contributed by atoms with Crippen molar-refractivity contribution in [3.63, 3.8) is 0 Å². The number of pyridine rings is 1. The SMILES string of the molecule is Cc1ccc(CN)cc1C(=O)NC(C)c1cc(-c2cnn(C)c2)nc(-c2ccc(C(F)(F)F)s2)c1. The Bertz CT molecular complexity index is 1380. The number of halogens is 3. The molecule has 0 saturated carbocycles. The van der Waals surface area contributed by atoms with Crippen LogP contribution in [-0.2, 0) is 19.8 Å². The molecule has 3 heterocycles. The third kappa shape index (κ3) is 5.44. The molecule has 0 aliphatic rings. The smallest absolute Gasteiger partial charge is 0.346 e. The van der Waals surface area contributed by atoms with E-state index in [4.69, 9.17) is 5.73 Å². The zero-order chi connectivity index (χ0) is 25.3. The lowest BCUT2D eigenvalue weighted by Crippen LogP contribution is -2.27. The number of nitrogens with zero attached hydrogens (tertiary/aromatic N) is 3. The van der Waals surface area contributed by atoms with Crippen LogP contribution in [0.1, 0.15) is 44.9 Å². The van der Waals surface area contributed by atoms with Crippen molar-refractivity contribution in [2.24, 2.45) is 12.8 Å². The summed E-state index contributed by atoms with van der Waals surface area (Å²) in [4.78, 5) is 17.3. The number of nitrogens with one attached hydrogen (secondary N) is 1. The molecule has 3 N–H and O–H groups in total. The number of aromatic nitrogens is 3. The lowest BCUT2D eigenvalue weighted by Gasteiger charge is -2.17. The second-order valence-electron chi connectivity index (χ2n) is 8.28. The molecule has 3 aromatic heterocycles. The summed E-state index contributed by atoms with van der Waals surface area (Å²) in [5.74, 6) is -0.262. The molecule has 0 bridgehead atoms. The Morgan fingerprint density at radius 2 is 1.91 bits per heavy atom. The number of rotatable bonds is 6. The standard InChI is InChI=1S/C25H24F3N5OS/c1-14-4-5-16(11-29)8-19(14)24(34)31-15(2)17-9-20(18-12-30-33(3)13-18)32-21(10-17)22-6-7-23(35-22)25(26,27)28/h4-10,12-13,15H,11,29H2,1-3H3,(H,31,34). The van der Waals surface area contributed by atoms with Gasteiger partial charge in [0.2, 0.25) is 0 Å². The fraction of sp³-hybridized carbons (Fsp3) is 0.240. The molecule has 1 unspecified atom stereocenters. The van der Waals surface area contributed by atoms with E-state index in [1.54, 1.807) is 36.3 Å². The first-order valence-corrected chi connectivity index (χ1v) is 11.7. The third-order valence-corrected chi connectivity index (χ3v) is 6.77. The monoisotopic (exact) mass is 499 g/mol. The van der Waals surface area contributed by atoms with Crippen LogP contribution in [0.3, 0.4) is 0 Å². The Morgan fingerprint density at radius 3 is 2.54 bits per heavy atom. The molecule has 1 atom stereocenters. The van der Waals surface area contributed by atoms with Gasteiger partial charge in [0.15, 0.2) is 0 Å². The molecular formula is C25H24F3N5OS. The molecule has 1 aromatic carbocycles. The molecular weight excluding hydrogens is 475 g/mol. The number of carbonyl (C=O) groups excluding carboxylic acids is 1. The second kappa shape index (κ2) is 9.63. The molecule has 0 fully saturated rings. The predicted octanol–water partition coefficient (Wildman–Crippen LogP) is 5.49. The number of hydrogen-bond donors (Lipinski definition) is 2. The summed E-state index contributed by atoms with van der Waals surface area (Å²) in [5.41, 5.74) is 10.3. The Kier molecular flexibility index (Phi) is 6.77. The van der Waals surface area contributed by atoms with Gasteiger partial charge in [-0.25, -0.2) is 4.98 Å². The highest BCUT2D eigenvalue weighted by molar-refractivity contribution is 7.15. The first-order valence-electron chi connectivity index (χ1n) is 10.8. The van der Waals surface area contributed by atoms with Gasteiger partial charge in [0, 0.05) is 30.9 Å². The number of carbonyl (C=O) groups is 1. The first-order chi connectivity index (χ1) is 16.5. The van der Waals surface area contributed by atoms with Gasteiger partial charge < -0.3 is 11.1 Å². The molecule has 0 aliphatic heterocycles. The van der Waals surface area contributed by atoms with Crippen LogP contribution >= 0.6 is 11.3 Å². The average Bonchev–Trinajstić information content (AvgIpc) is 3.48. The molecule has 4 aromatic rings. The average molecular weight is 500 g/mol. The van der Waals surface area contributed by atoms with Crippen LogP contribution in [0, 0.1) is 6.92 Å². The molecule has 6 nitrogen and oxygen atoms in total. The minimum atomic E-state index is -4.43. The zero-order valence-electron chi connectivity index (χ0n) is 19.3. The van der Waals surface area contributed by atoms with E-state index >= 15 is 0 Å². The van der Waals surface area contributed by atoms with Crippen molar-refractivity contribution < 1.29 is 18.0 Å². The molecule has 1 amide bonds. The van der Waals surface area contributed by atoms with Gasteiger partial charge in [0.25, 0.3) is 5.91 Å². The van der Waals surface area contributed by atoms with E-state index < -0.39 is 17.1 Å². The van der Waals surface area contributed by atoms with Gasteiger partial charge in [-0.3, -0.25) is 9.48 Å². The van der Waals surface area contributed by atoms with E-state index in [1.165, 1.54) is 6.07 Å².